The van der Waals surface area contributed by atoms with Crippen molar-refractivity contribution in [2.75, 3.05) is 38.2 Å². The van der Waals surface area contributed by atoms with Crippen molar-refractivity contribution < 1.29 is 19.4 Å². The lowest BCUT2D eigenvalue weighted by molar-refractivity contribution is -0.143. The third-order valence-electron chi connectivity index (χ3n) is 7.73. The van der Waals surface area contributed by atoms with E-state index in [0.717, 1.165) is 93.7 Å². The number of aromatic nitrogens is 1. The number of likely N-dealkylation sites (tertiary alicyclic amines) is 1. The molecule has 0 bridgehead atoms. The number of unbranched alkanes of at least 4 members (excludes halogenated alkanes) is 1. The van der Waals surface area contributed by atoms with Crippen LogP contribution in [0.3, 0.4) is 0 Å². The number of ether oxygens (including phenoxy) is 2. The standard InChI is InChI=1S/C29H39N3O4/c33-29(34)27(25-11-2-1-10-24(25)26-12-4-6-19-36-26)32-17-15-23(20-32)35-18-5-3-9-22-14-13-21-8-7-16-30-28(21)31-22/h1-2,10-11,13-14,23,26-27H,3-9,12,15-20H2,(H,30,31)(H,33,34)/t23-,26?,27?/m1/s1. The van der Waals surface area contributed by atoms with Crippen LogP contribution in [0.15, 0.2) is 36.4 Å². The molecule has 4 heterocycles. The normalized spacial score (nSPS) is 23.1. The van der Waals surface area contributed by atoms with E-state index >= 15 is 0 Å². The second-order valence-corrected chi connectivity index (χ2v) is 10.3. The number of aryl methyl sites for hydroxylation is 2. The van der Waals surface area contributed by atoms with Gasteiger partial charge in [-0.1, -0.05) is 30.3 Å². The number of pyridine rings is 1. The van der Waals surface area contributed by atoms with E-state index in [-0.39, 0.29) is 12.2 Å². The molecule has 1 aromatic heterocycles. The molecule has 36 heavy (non-hydrogen) atoms. The monoisotopic (exact) mass is 493 g/mol. The number of carboxylic acid groups (broad SMARTS) is 1. The Kier molecular flexibility index (Phi) is 8.51. The zero-order valence-electron chi connectivity index (χ0n) is 21.2. The highest BCUT2D eigenvalue weighted by Gasteiger charge is 2.36. The Morgan fingerprint density at radius 1 is 1.17 bits per heavy atom. The molecule has 194 valence electrons. The Labute approximate surface area is 214 Å². The van der Waals surface area contributed by atoms with Gasteiger partial charge in [0.15, 0.2) is 0 Å². The molecule has 0 saturated carbocycles. The van der Waals surface area contributed by atoms with Gasteiger partial charge in [-0.2, -0.15) is 0 Å². The van der Waals surface area contributed by atoms with Crippen LogP contribution in [0.4, 0.5) is 5.82 Å². The van der Waals surface area contributed by atoms with E-state index in [9.17, 15) is 9.90 Å². The first kappa shape index (κ1) is 25.2. The SMILES string of the molecule is O=C(O)C(c1ccccc1C1CCCCO1)N1CC[C@@H](OCCCCc2ccc3c(n2)NCCC3)C1. The molecule has 7 heteroatoms. The molecule has 3 aliphatic rings. The third-order valence-corrected chi connectivity index (χ3v) is 7.73. The summed E-state index contributed by atoms with van der Waals surface area (Å²) < 4.78 is 12.2. The van der Waals surface area contributed by atoms with Crippen molar-refractivity contribution in [1.29, 1.82) is 0 Å². The van der Waals surface area contributed by atoms with Crippen molar-refractivity contribution in [3.05, 3.63) is 58.8 Å². The van der Waals surface area contributed by atoms with E-state index in [1.807, 2.05) is 24.3 Å². The van der Waals surface area contributed by atoms with Gasteiger partial charge in [0.2, 0.25) is 0 Å². The van der Waals surface area contributed by atoms with Crippen LogP contribution >= 0.6 is 0 Å². The van der Waals surface area contributed by atoms with Gasteiger partial charge in [-0.15, -0.1) is 0 Å². The summed E-state index contributed by atoms with van der Waals surface area (Å²) in [6.07, 6.45) is 9.35. The van der Waals surface area contributed by atoms with Crippen LogP contribution in [0.2, 0.25) is 0 Å². The van der Waals surface area contributed by atoms with E-state index in [1.54, 1.807) is 0 Å². The predicted octanol–water partition coefficient (Wildman–Crippen LogP) is 4.92. The van der Waals surface area contributed by atoms with Crippen molar-refractivity contribution in [3.63, 3.8) is 0 Å². The molecular weight excluding hydrogens is 454 g/mol. The maximum Gasteiger partial charge on any atom is 0.325 e. The number of hydrogen-bond donors (Lipinski definition) is 2. The fourth-order valence-corrected chi connectivity index (χ4v) is 5.82. The van der Waals surface area contributed by atoms with Crippen molar-refractivity contribution in [2.24, 2.45) is 0 Å². The van der Waals surface area contributed by atoms with E-state index in [1.165, 1.54) is 12.0 Å². The number of rotatable bonds is 10. The summed E-state index contributed by atoms with van der Waals surface area (Å²) in [5.74, 6) is 0.261. The van der Waals surface area contributed by atoms with Crippen LogP contribution < -0.4 is 5.32 Å². The number of anilines is 1. The van der Waals surface area contributed by atoms with Gasteiger partial charge in [-0.05, 0) is 80.5 Å². The number of fused-ring (bicyclic) bond motifs is 1. The summed E-state index contributed by atoms with van der Waals surface area (Å²) in [7, 11) is 0. The fraction of sp³-hybridized carbons (Fsp3) is 0.586. The zero-order valence-corrected chi connectivity index (χ0v) is 21.2. The maximum atomic E-state index is 12.4. The number of carbonyl (C=O) groups is 1. The molecule has 2 saturated heterocycles. The van der Waals surface area contributed by atoms with Crippen LogP contribution in [-0.2, 0) is 27.1 Å². The van der Waals surface area contributed by atoms with Gasteiger partial charge in [0.05, 0.1) is 12.2 Å². The van der Waals surface area contributed by atoms with Gasteiger partial charge in [0.25, 0.3) is 0 Å². The Morgan fingerprint density at radius 3 is 2.94 bits per heavy atom. The Hall–Kier alpha value is -2.48. The van der Waals surface area contributed by atoms with E-state index in [0.29, 0.717) is 13.2 Å². The molecule has 0 radical (unpaired) electrons. The molecule has 1 aromatic carbocycles. The number of nitrogens with zero attached hydrogens (tertiary/aromatic N) is 2. The van der Waals surface area contributed by atoms with Crippen LogP contribution in [-0.4, -0.2) is 59.9 Å². The molecule has 5 rings (SSSR count). The van der Waals surface area contributed by atoms with Crippen LogP contribution in [0.1, 0.15) is 79.5 Å². The van der Waals surface area contributed by atoms with Crippen molar-refractivity contribution in [2.45, 2.75) is 76.0 Å². The van der Waals surface area contributed by atoms with Gasteiger partial charge in [0.1, 0.15) is 11.9 Å². The minimum Gasteiger partial charge on any atom is -0.480 e. The lowest BCUT2D eigenvalue weighted by atomic mass is 9.92. The predicted molar refractivity (Wildman–Crippen MR) is 139 cm³/mol. The first-order valence-corrected chi connectivity index (χ1v) is 13.7. The van der Waals surface area contributed by atoms with Crippen LogP contribution in [0.5, 0.6) is 0 Å². The minimum atomic E-state index is -0.800. The molecule has 0 amide bonds. The quantitative estimate of drug-likeness (QED) is 0.455. The smallest absolute Gasteiger partial charge is 0.325 e. The first-order valence-electron chi connectivity index (χ1n) is 13.7. The number of aliphatic carboxylic acids is 1. The third kappa shape index (κ3) is 6.07. The molecule has 3 atom stereocenters. The molecular formula is C29H39N3O4. The largest absolute Gasteiger partial charge is 0.480 e. The maximum absolute atomic E-state index is 12.4. The second kappa shape index (κ2) is 12.2. The summed E-state index contributed by atoms with van der Waals surface area (Å²) in [4.78, 5) is 19.3. The highest BCUT2D eigenvalue weighted by atomic mass is 16.5. The summed E-state index contributed by atoms with van der Waals surface area (Å²) in [6.45, 7) is 3.84. The molecule has 0 aliphatic carbocycles. The second-order valence-electron chi connectivity index (χ2n) is 10.3. The summed E-state index contributed by atoms with van der Waals surface area (Å²) >= 11 is 0. The van der Waals surface area contributed by atoms with E-state index in [2.05, 4.69) is 22.3 Å². The lowest BCUT2D eigenvalue weighted by Gasteiger charge is -2.30. The number of nitrogens with one attached hydrogen (secondary N) is 1. The van der Waals surface area contributed by atoms with Crippen molar-refractivity contribution in [3.8, 4) is 0 Å². The highest BCUT2D eigenvalue weighted by molar-refractivity contribution is 5.76. The van der Waals surface area contributed by atoms with E-state index < -0.39 is 12.0 Å². The topological polar surface area (TPSA) is 83.9 Å². The summed E-state index contributed by atoms with van der Waals surface area (Å²) in [6, 6.07) is 11.6. The minimum absolute atomic E-state index is 0.00756. The Morgan fingerprint density at radius 2 is 2.08 bits per heavy atom. The number of carboxylic acids is 1. The Balaban J connectivity index is 1.11. The number of benzene rings is 1. The highest BCUT2D eigenvalue weighted by Crippen LogP contribution is 2.36. The fourth-order valence-electron chi connectivity index (χ4n) is 5.82. The molecule has 2 N–H and O–H groups in total. The first-order chi connectivity index (χ1) is 17.7. The van der Waals surface area contributed by atoms with Gasteiger partial charge in [0, 0.05) is 38.5 Å². The summed E-state index contributed by atoms with van der Waals surface area (Å²) in [5.41, 5.74) is 4.36. The van der Waals surface area contributed by atoms with Crippen LogP contribution in [0, 0.1) is 0 Å². The molecule has 2 fully saturated rings. The average Bonchev–Trinajstić information content (AvgIpc) is 3.37. The average molecular weight is 494 g/mol. The van der Waals surface area contributed by atoms with E-state index in [4.69, 9.17) is 14.5 Å². The molecule has 3 aliphatic heterocycles. The van der Waals surface area contributed by atoms with Gasteiger partial charge >= 0.3 is 5.97 Å². The Bertz CT molecular complexity index is 1020. The lowest BCUT2D eigenvalue weighted by Crippen LogP contribution is -2.34. The number of hydrogen-bond acceptors (Lipinski definition) is 6. The van der Waals surface area contributed by atoms with Crippen LogP contribution in [0.25, 0.3) is 0 Å². The van der Waals surface area contributed by atoms with Crippen molar-refractivity contribution >= 4 is 11.8 Å². The molecule has 2 aromatic rings. The summed E-state index contributed by atoms with van der Waals surface area (Å²) in [5, 5.41) is 13.6. The van der Waals surface area contributed by atoms with Gasteiger partial charge < -0.3 is 19.9 Å². The molecule has 0 spiro atoms. The van der Waals surface area contributed by atoms with Crippen molar-refractivity contribution in [1.82, 2.24) is 9.88 Å². The van der Waals surface area contributed by atoms with Gasteiger partial charge in [-0.25, -0.2) is 4.98 Å². The van der Waals surface area contributed by atoms with Gasteiger partial charge in [-0.3, -0.25) is 9.69 Å². The molecule has 7 nitrogen and oxygen atoms in total. The zero-order chi connectivity index (χ0) is 24.7. The molecule has 2 unspecified atom stereocenters.